The number of carbonyl (C=O) groups excluding carboxylic acids is 1. The van der Waals surface area contributed by atoms with Crippen LogP contribution in [0.2, 0.25) is 0 Å². The highest BCUT2D eigenvalue weighted by Crippen LogP contribution is 2.60. The number of hydrogen-bond acceptors (Lipinski definition) is 6. The Balaban J connectivity index is 1.92. The van der Waals surface area contributed by atoms with Crippen LogP contribution in [-0.4, -0.2) is 43.5 Å². The first kappa shape index (κ1) is 12.4. The van der Waals surface area contributed by atoms with Crippen LogP contribution in [0, 0.1) is 0 Å². The van der Waals surface area contributed by atoms with Gasteiger partial charge >= 0.3 is 5.97 Å². The van der Waals surface area contributed by atoms with E-state index in [2.05, 4.69) is 0 Å². The Morgan fingerprint density at radius 3 is 2.67 bits per heavy atom. The Kier molecular flexibility index (Phi) is 2.38. The van der Waals surface area contributed by atoms with Crippen LogP contribution in [0.4, 0.5) is 0 Å². The minimum absolute atomic E-state index is 0.107. The molecule has 3 fully saturated rings. The van der Waals surface area contributed by atoms with Crippen molar-refractivity contribution < 1.29 is 26.9 Å². The molecular formula is C11H16O6S. The van der Waals surface area contributed by atoms with Crippen molar-refractivity contribution in [3.8, 4) is 0 Å². The van der Waals surface area contributed by atoms with Crippen molar-refractivity contribution in [2.75, 3.05) is 6.61 Å². The normalized spacial score (nSPS) is 47.4. The minimum Gasteiger partial charge on any atom is -0.463 e. The third-order valence-electron chi connectivity index (χ3n) is 4.30. The quantitative estimate of drug-likeness (QED) is 0.547. The molecule has 3 heterocycles. The number of rotatable bonds is 3. The van der Waals surface area contributed by atoms with Crippen molar-refractivity contribution in [1.29, 1.82) is 0 Å². The molecule has 0 spiro atoms. The summed E-state index contributed by atoms with van der Waals surface area (Å²) in [6, 6.07) is 0. The SMILES string of the molecule is CCC12OC3(COC(C)=O)CC1OS(=O)(=O)C2C3. The predicted octanol–water partition coefficient (Wildman–Crippen LogP) is 0.358. The third kappa shape index (κ3) is 1.41. The number of fused-ring (bicyclic) bond motifs is 1. The fourth-order valence-corrected chi connectivity index (χ4v) is 5.58. The average molecular weight is 276 g/mol. The molecule has 0 aromatic heterocycles. The largest absolute Gasteiger partial charge is 0.463 e. The second kappa shape index (κ2) is 3.46. The Bertz CT molecular complexity index is 500. The molecule has 7 heteroatoms. The summed E-state index contributed by atoms with van der Waals surface area (Å²) in [5, 5.41) is -0.621. The maximum atomic E-state index is 11.9. The maximum absolute atomic E-state index is 11.9. The van der Waals surface area contributed by atoms with Crippen molar-refractivity contribution in [3.63, 3.8) is 0 Å². The van der Waals surface area contributed by atoms with Gasteiger partial charge in [0.25, 0.3) is 10.1 Å². The summed E-state index contributed by atoms with van der Waals surface area (Å²) < 4.78 is 40.0. The summed E-state index contributed by atoms with van der Waals surface area (Å²) in [7, 11) is -3.54. The smallest absolute Gasteiger partial charge is 0.302 e. The molecule has 18 heavy (non-hydrogen) atoms. The van der Waals surface area contributed by atoms with Gasteiger partial charge in [0.2, 0.25) is 0 Å². The standard InChI is InChI=1S/C11H16O6S/c1-3-11-8-4-10(17-11,6-15-7(2)12)5-9(11)18(13,14)16-8/h8-9H,3-6H2,1-2H3. The van der Waals surface area contributed by atoms with Gasteiger partial charge in [-0.2, -0.15) is 8.42 Å². The second-order valence-electron chi connectivity index (χ2n) is 5.35. The van der Waals surface area contributed by atoms with Gasteiger partial charge in [0.15, 0.2) is 0 Å². The number of hydrogen-bond donors (Lipinski definition) is 0. The molecule has 0 N–H and O–H groups in total. The van der Waals surface area contributed by atoms with E-state index in [9.17, 15) is 13.2 Å². The molecule has 0 radical (unpaired) electrons. The van der Waals surface area contributed by atoms with Crippen LogP contribution in [0.1, 0.15) is 33.1 Å². The van der Waals surface area contributed by atoms with E-state index in [1.54, 1.807) is 0 Å². The summed E-state index contributed by atoms with van der Waals surface area (Å²) in [5.74, 6) is -0.384. The van der Waals surface area contributed by atoms with Gasteiger partial charge in [-0.15, -0.1) is 0 Å². The zero-order valence-corrected chi connectivity index (χ0v) is 11.2. The number of esters is 1. The van der Waals surface area contributed by atoms with Gasteiger partial charge in [0, 0.05) is 19.8 Å². The molecule has 4 atom stereocenters. The maximum Gasteiger partial charge on any atom is 0.302 e. The molecule has 0 saturated carbocycles. The lowest BCUT2D eigenvalue weighted by molar-refractivity contribution is -0.151. The fourth-order valence-electron chi connectivity index (χ4n) is 3.53. The van der Waals surface area contributed by atoms with Crippen LogP contribution in [0.25, 0.3) is 0 Å². The van der Waals surface area contributed by atoms with Gasteiger partial charge in [-0.3, -0.25) is 8.98 Å². The topological polar surface area (TPSA) is 78.9 Å². The van der Waals surface area contributed by atoms with E-state index >= 15 is 0 Å². The number of ether oxygens (including phenoxy) is 2. The van der Waals surface area contributed by atoms with Crippen LogP contribution in [-0.2, 0) is 28.6 Å². The highest BCUT2D eigenvalue weighted by Gasteiger charge is 2.75. The fraction of sp³-hybridized carbons (Fsp3) is 0.909. The lowest BCUT2D eigenvalue weighted by Gasteiger charge is -2.25. The zero-order valence-electron chi connectivity index (χ0n) is 10.3. The molecule has 102 valence electrons. The van der Waals surface area contributed by atoms with E-state index in [-0.39, 0.29) is 12.6 Å². The summed E-state index contributed by atoms with van der Waals surface area (Å²) >= 11 is 0. The third-order valence-corrected chi connectivity index (χ3v) is 6.06. The highest BCUT2D eigenvalue weighted by molar-refractivity contribution is 7.87. The molecule has 0 aromatic carbocycles. The van der Waals surface area contributed by atoms with Crippen LogP contribution in [0.5, 0.6) is 0 Å². The molecular weight excluding hydrogens is 260 g/mol. The lowest BCUT2D eigenvalue weighted by atomic mass is 9.78. The van der Waals surface area contributed by atoms with Gasteiger partial charge < -0.3 is 9.47 Å². The van der Waals surface area contributed by atoms with Crippen LogP contribution in [0.15, 0.2) is 0 Å². The summed E-state index contributed by atoms with van der Waals surface area (Å²) in [5.41, 5.74) is -1.42. The summed E-state index contributed by atoms with van der Waals surface area (Å²) in [6.07, 6.45) is 0.988. The first-order chi connectivity index (χ1) is 8.34. The van der Waals surface area contributed by atoms with E-state index in [1.807, 2.05) is 6.92 Å². The Labute approximate surface area is 106 Å². The molecule has 3 aliphatic rings. The van der Waals surface area contributed by atoms with Crippen molar-refractivity contribution in [3.05, 3.63) is 0 Å². The van der Waals surface area contributed by atoms with Crippen molar-refractivity contribution in [2.24, 2.45) is 0 Å². The van der Waals surface area contributed by atoms with E-state index < -0.39 is 32.7 Å². The van der Waals surface area contributed by atoms with Gasteiger partial charge in [0.05, 0.1) is 0 Å². The van der Waals surface area contributed by atoms with Crippen LogP contribution >= 0.6 is 0 Å². The molecule has 4 unspecified atom stereocenters. The van der Waals surface area contributed by atoms with E-state index in [0.29, 0.717) is 19.3 Å². The highest BCUT2D eigenvalue weighted by atomic mass is 32.2. The van der Waals surface area contributed by atoms with Crippen molar-refractivity contribution >= 4 is 16.1 Å². The number of carbonyl (C=O) groups is 1. The second-order valence-corrected chi connectivity index (χ2v) is 7.10. The first-order valence-electron chi connectivity index (χ1n) is 6.09. The van der Waals surface area contributed by atoms with E-state index in [1.165, 1.54) is 6.92 Å². The Morgan fingerprint density at radius 2 is 2.17 bits per heavy atom. The molecule has 3 rings (SSSR count). The molecule has 6 nitrogen and oxygen atoms in total. The van der Waals surface area contributed by atoms with E-state index in [0.717, 1.165) is 0 Å². The predicted molar refractivity (Wildman–Crippen MR) is 60.3 cm³/mol. The van der Waals surface area contributed by atoms with Crippen molar-refractivity contribution in [2.45, 2.75) is 55.7 Å². The lowest BCUT2D eigenvalue weighted by Crippen LogP contribution is -2.43. The molecule has 2 bridgehead atoms. The molecule has 0 aliphatic carbocycles. The van der Waals surface area contributed by atoms with Gasteiger partial charge in [0.1, 0.15) is 29.2 Å². The molecule has 0 aromatic rings. The first-order valence-corrected chi connectivity index (χ1v) is 7.56. The van der Waals surface area contributed by atoms with Crippen LogP contribution < -0.4 is 0 Å². The van der Waals surface area contributed by atoms with E-state index in [4.69, 9.17) is 13.7 Å². The minimum atomic E-state index is -3.54. The summed E-state index contributed by atoms with van der Waals surface area (Å²) in [6.45, 7) is 3.34. The van der Waals surface area contributed by atoms with Gasteiger partial charge in [-0.1, -0.05) is 6.92 Å². The zero-order chi connectivity index (χ0) is 13.2. The van der Waals surface area contributed by atoms with Gasteiger partial charge in [-0.05, 0) is 6.42 Å². The monoisotopic (exact) mass is 276 g/mol. The Hall–Kier alpha value is -0.660. The Morgan fingerprint density at radius 1 is 1.44 bits per heavy atom. The molecule has 3 saturated heterocycles. The molecule has 0 amide bonds. The van der Waals surface area contributed by atoms with Gasteiger partial charge in [-0.25, -0.2) is 0 Å². The molecule has 3 aliphatic heterocycles. The van der Waals surface area contributed by atoms with Crippen LogP contribution in [0.3, 0.4) is 0 Å². The average Bonchev–Trinajstić information content (AvgIpc) is 2.79. The summed E-state index contributed by atoms with van der Waals surface area (Å²) in [4.78, 5) is 10.9. The van der Waals surface area contributed by atoms with Crippen molar-refractivity contribution in [1.82, 2.24) is 0 Å².